The number of hydrogen-bond acceptors (Lipinski definition) is 5. The average molecular weight is 406 g/mol. The number of aliphatic carboxylic acids is 1. The first-order chi connectivity index (χ1) is 15.1. The van der Waals surface area contributed by atoms with E-state index in [0.717, 1.165) is 18.4 Å². The number of ether oxygens (including phenoxy) is 1. The number of amides is 1. The fourth-order valence-corrected chi connectivity index (χ4v) is 4.62. The van der Waals surface area contributed by atoms with Crippen LogP contribution in [0.3, 0.4) is 0 Å². The molecule has 2 fully saturated rings. The third-order valence-electron chi connectivity index (χ3n) is 6.04. The maximum atomic E-state index is 13.5. The van der Waals surface area contributed by atoms with Crippen LogP contribution in [-0.2, 0) is 25.5 Å². The van der Waals surface area contributed by atoms with Gasteiger partial charge in [-0.05, 0) is 50.4 Å². The number of rotatable bonds is 8. The van der Waals surface area contributed by atoms with Gasteiger partial charge in [0.25, 0.3) is 0 Å². The van der Waals surface area contributed by atoms with Crippen molar-refractivity contribution >= 4 is 17.8 Å². The molecule has 0 bridgehead atoms. The van der Waals surface area contributed by atoms with E-state index in [1.165, 1.54) is 12.0 Å². The fourth-order valence-electron chi connectivity index (χ4n) is 4.62. The summed E-state index contributed by atoms with van der Waals surface area (Å²) in [6.45, 7) is -2.77. The highest BCUT2D eigenvalue weighted by Crippen LogP contribution is 2.41. The molecule has 1 aliphatic carbocycles. The summed E-state index contributed by atoms with van der Waals surface area (Å²) in [5.74, 6) is -2.53. The lowest BCUT2D eigenvalue weighted by Crippen LogP contribution is -2.55. The van der Waals surface area contributed by atoms with Crippen LogP contribution in [0.5, 0.6) is 0 Å². The fraction of sp³-hybridized carbons (Fsp3) is 0.591. The van der Waals surface area contributed by atoms with Gasteiger partial charge in [0.2, 0.25) is 5.91 Å². The highest BCUT2D eigenvalue weighted by atomic mass is 16.5. The van der Waals surface area contributed by atoms with Crippen LogP contribution in [0.4, 0.5) is 0 Å². The van der Waals surface area contributed by atoms with Gasteiger partial charge in [0, 0.05) is 10.2 Å². The van der Waals surface area contributed by atoms with Crippen molar-refractivity contribution in [2.24, 2.45) is 5.92 Å². The van der Waals surface area contributed by atoms with Crippen LogP contribution in [0, 0.1) is 5.92 Å². The summed E-state index contributed by atoms with van der Waals surface area (Å²) in [6, 6.07) is 5.31. The molecule has 3 rings (SSSR count). The predicted octanol–water partition coefficient (Wildman–Crippen LogP) is 1.99. The Morgan fingerprint density at radius 1 is 1.31 bits per heavy atom. The predicted molar refractivity (Wildman–Crippen MR) is 107 cm³/mol. The van der Waals surface area contributed by atoms with Crippen molar-refractivity contribution in [2.45, 2.75) is 69.5 Å². The number of benzene rings is 1. The highest BCUT2D eigenvalue weighted by molar-refractivity contribution is 5.88. The molecule has 1 saturated heterocycles. The molecule has 1 saturated carbocycles. The molecule has 0 aromatic heterocycles. The van der Waals surface area contributed by atoms with Gasteiger partial charge >= 0.3 is 11.9 Å². The summed E-state index contributed by atoms with van der Waals surface area (Å²) in [5.41, 5.74) is 0.958. The van der Waals surface area contributed by atoms with E-state index in [1.54, 1.807) is 0 Å². The van der Waals surface area contributed by atoms with Crippen LogP contribution < -0.4 is 5.32 Å². The monoisotopic (exact) mass is 405 g/mol. The summed E-state index contributed by atoms with van der Waals surface area (Å²) in [5, 5.41) is 12.4. The third-order valence-corrected chi connectivity index (χ3v) is 6.04. The standard InChI is InChI=1S/C22H30N2O5/c1-14(20(25)24-18-10-6-9-16(18)13-19(24)21(26)27)23-17(22(28)29-2)12-11-15-7-4-3-5-8-15/h3-5,7-8,14,16-19,23H,6,9-13H2,1-2H3,(H,26,27)/t14-,16-,17-,18-,19-/m0/s1/i1D3. The van der Waals surface area contributed by atoms with Gasteiger partial charge < -0.3 is 14.7 Å². The van der Waals surface area contributed by atoms with E-state index in [2.05, 4.69) is 5.32 Å². The molecule has 0 radical (unpaired) electrons. The van der Waals surface area contributed by atoms with Gasteiger partial charge in [-0.1, -0.05) is 36.8 Å². The molecule has 1 amide bonds. The zero-order valence-electron chi connectivity index (χ0n) is 19.5. The van der Waals surface area contributed by atoms with E-state index in [0.29, 0.717) is 19.3 Å². The Labute approximate surface area is 175 Å². The van der Waals surface area contributed by atoms with E-state index in [4.69, 9.17) is 8.85 Å². The lowest BCUT2D eigenvalue weighted by Gasteiger charge is -2.31. The molecule has 7 nitrogen and oxygen atoms in total. The SMILES string of the molecule is [2H]C([2H])([2H])[C@H](N[C@@H](CCc1ccccc1)C(=O)OC)C(=O)N1[C@H](C(=O)O)C[C@@H]2CCC[C@@H]21. The number of carboxylic acids is 1. The number of hydrogen-bond donors (Lipinski definition) is 2. The van der Waals surface area contributed by atoms with Crippen LogP contribution in [-0.4, -0.2) is 59.1 Å². The number of carbonyl (C=O) groups excluding carboxylic acids is 2. The van der Waals surface area contributed by atoms with Gasteiger partial charge in [0.1, 0.15) is 12.1 Å². The topological polar surface area (TPSA) is 95.9 Å². The molecule has 2 aliphatic rings. The molecule has 1 heterocycles. The second-order valence-corrected chi connectivity index (χ2v) is 7.79. The van der Waals surface area contributed by atoms with Crippen molar-refractivity contribution in [1.29, 1.82) is 0 Å². The molecule has 1 aromatic carbocycles. The lowest BCUT2D eigenvalue weighted by atomic mass is 10.0. The minimum atomic E-state index is -2.77. The maximum absolute atomic E-state index is 13.5. The second-order valence-electron chi connectivity index (χ2n) is 7.79. The first-order valence-electron chi connectivity index (χ1n) is 11.6. The minimum absolute atomic E-state index is 0.0618. The van der Waals surface area contributed by atoms with Gasteiger partial charge in [-0.25, -0.2) is 4.79 Å². The van der Waals surface area contributed by atoms with Crippen LogP contribution in [0.15, 0.2) is 30.3 Å². The normalized spacial score (nSPS) is 27.3. The summed E-state index contributed by atoms with van der Waals surface area (Å²) >= 11 is 0. The van der Waals surface area contributed by atoms with Gasteiger partial charge in [-0.2, -0.15) is 0 Å². The Morgan fingerprint density at radius 3 is 2.72 bits per heavy atom. The van der Waals surface area contributed by atoms with E-state index < -0.39 is 42.8 Å². The summed E-state index contributed by atoms with van der Waals surface area (Å²) < 4.78 is 28.7. The summed E-state index contributed by atoms with van der Waals surface area (Å²) in [4.78, 5) is 38.9. The number of nitrogens with one attached hydrogen (secondary N) is 1. The molecule has 2 N–H and O–H groups in total. The van der Waals surface area contributed by atoms with Gasteiger partial charge in [0.15, 0.2) is 0 Å². The highest BCUT2D eigenvalue weighted by Gasteiger charge is 2.49. The van der Waals surface area contributed by atoms with E-state index in [-0.39, 0.29) is 18.4 Å². The number of carbonyl (C=O) groups is 3. The molecule has 7 heteroatoms. The first-order valence-corrected chi connectivity index (χ1v) is 10.1. The van der Waals surface area contributed by atoms with Crippen molar-refractivity contribution in [1.82, 2.24) is 10.2 Å². The smallest absolute Gasteiger partial charge is 0.326 e. The van der Waals surface area contributed by atoms with Crippen LogP contribution in [0.1, 0.15) is 48.6 Å². The number of esters is 1. The Kier molecular flexibility index (Phi) is 5.65. The maximum Gasteiger partial charge on any atom is 0.326 e. The Bertz CT molecular complexity index is 833. The zero-order chi connectivity index (χ0) is 23.5. The zero-order valence-corrected chi connectivity index (χ0v) is 16.5. The minimum Gasteiger partial charge on any atom is -0.480 e. The number of likely N-dealkylation sites (tertiary alicyclic amines) is 1. The van der Waals surface area contributed by atoms with Crippen LogP contribution in [0.25, 0.3) is 0 Å². The van der Waals surface area contributed by atoms with E-state index in [1.807, 2.05) is 30.3 Å². The Morgan fingerprint density at radius 2 is 2.07 bits per heavy atom. The van der Waals surface area contributed by atoms with Gasteiger partial charge in [-0.3, -0.25) is 14.9 Å². The molecule has 1 aromatic rings. The molecule has 158 valence electrons. The molecule has 1 aliphatic heterocycles. The van der Waals surface area contributed by atoms with Crippen molar-refractivity contribution in [3.05, 3.63) is 35.9 Å². The number of methoxy groups -OCH3 is 1. The van der Waals surface area contributed by atoms with E-state index in [9.17, 15) is 19.5 Å². The lowest BCUT2D eigenvalue weighted by molar-refractivity contribution is -0.151. The quantitative estimate of drug-likeness (QED) is 0.642. The molecule has 5 atom stereocenters. The van der Waals surface area contributed by atoms with Crippen molar-refractivity contribution in [3.8, 4) is 0 Å². The van der Waals surface area contributed by atoms with E-state index >= 15 is 0 Å². The molecule has 0 spiro atoms. The first kappa shape index (κ1) is 17.4. The summed E-state index contributed by atoms with van der Waals surface area (Å²) in [6.07, 6.45) is 3.38. The van der Waals surface area contributed by atoms with Crippen LogP contribution in [0.2, 0.25) is 0 Å². The van der Waals surface area contributed by atoms with Crippen molar-refractivity contribution in [3.63, 3.8) is 0 Å². The van der Waals surface area contributed by atoms with Gasteiger partial charge in [0.05, 0.1) is 13.2 Å². The number of nitrogens with zero attached hydrogens (tertiary/aromatic N) is 1. The number of aryl methyl sites for hydroxylation is 1. The number of fused-ring (bicyclic) bond motifs is 1. The molecular weight excluding hydrogens is 372 g/mol. The Hall–Kier alpha value is -2.41. The molecule has 0 unspecified atom stereocenters. The summed E-state index contributed by atoms with van der Waals surface area (Å²) in [7, 11) is 1.20. The van der Waals surface area contributed by atoms with Crippen molar-refractivity contribution < 1.29 is 28.3 Å². The van der Waals surface area contributed by atoms with Crippen LogP contribution >= 0.6 is 0 Å². The molecular formula is C22H30N2O5. The van der Waals surface area contributed by atoms with Gasteiger partial charge in [-0.15, -0.1) is 0 Å². The van der Waals surface area contributed by atoms with Crippen molar-refractivity contribution in [2.75, 3.05) is 7.11 Å². The largest absolute Gasteiger partial charge is 0.480 e. The molecule has 29 heavy (non-hydrogen) atoms. The second kappa shape index (κ2) is 9.39. The average Bonchev–Trinajstić information content (AvgIpc) is 3.34. The number of carboxylic acid groups (broad SMARTS) is 1. The Balaban J connectivity index is 1.82. The third kappa shape index (κ3) is 4.78.